The van der Waals surface area contributed by atoms with Crippen LogP contribution in [0.3, 0.4) is 0 Å². The molecule has 0 aromatic carbocycles. The van der Waals surface area contributed by atoms with Gasteiger partial charge in [-0.25, -0.2) is 0 Å². The van der Waals surface area contributed by atoms with Crippen LogP contribution in [0.5, 0.6) is 0 Å². The highest BCUT2D eigenvalue weighted by atomic mass is 16.4. The lowest BCUT2D eigenvalue weighted by molar-refractivity contribution is -0.152. The molecule has 1 aliphatic carbocycles. The number of nitrogens with one attached hydrogen (secondary N) is 1. The summed E-state index contributed by atoms with van der Waals surface area (Å²) in [6.07, 6.45) is 4.34. The van der Waals surface area contributed by atoms with Gasteiger partial charge in [-0.3, -0.25) is 9.59 Å². The van der Waals surface area contributed by atoms with Crippen molar-refractivity contribution in [2.45, 2.75) is 19.4 Å². The number of carboxylic acid groups (broad SMARTS) is 1. The van der Waals surface area contributed by atoms with Crippen molar-refractivity contribution in [3.05, 3.63) is 24.2 Å². The summed E-state index contributed by atoms with van der Waals surface area (Å²) in [5, 5.41) is 11.5. The Labute approximate surface area is 92.4 Å². The van der Waals surface area contributed by atoms with E-state index >= 15 is 0 Å². The molecule has 1 heterocycles. The van der Waals surface area contributed by atoms with E-state index in [9.17, 15) is 9.59 Å². The predicted octanol–water partition coefficient (Wildman–Crippen LogP) is 1.01. The Bertz CT molecular complexity index is 385. The van der Waals surface area contributed by atoms with Gasteiger partial charge < -0.3 is 14.8 Å². The molecule has 0 aliphatic heterocycles. The first-order valence-electron chi connectivity index (χ1n) is 5.20. The second-order valence-electron chi connectivity index (χ2n) is 3.98. The number of aliphatic carboxylic acids is 1. The van der Waals surface area contributed by atoms with Gasteiger partial charge in [0.15, 0.2) is 0 Å². The van der Waals surface area contributed by atoms with E-state index in [1.165, 1.54) is 6.26 Å². The Morgan fingerprint density at radius 3 is 2.69 bits per heavy atom. The number of carbonyl (C=O) groups is 2. The number of furan rings is 1. The number of carboxylic acids is 1. The van der Waals surface area contributed by atoms with Crippen molar-refractivity contribution >= 4 is 11.9 Å². The minimum absolute atomic E-state index is 0.181. The highest BCUT2D eigenvalue weighted by Crippen LogP contribution is 2.34. The third-order valence-electron chi connectivity index (χ3n) is 2.98. The molecule has 2 N–H and O–H groups in total. The highest BCUT2D eigenvalue weighted by molar-refractivity contribution is 5.86. The first-order chi connectivity index (χ1) is 7.68. The fourth-order valence-corrected chi connectivity index (χ4v) is 1.82. The van der Waals surface area contributed by atoms with Crippen molar-refractivity contribution in [3.63, 3.8) is 0 Å². The highest BCUT2D eigenvalue weighted by Gasteiger charge is 2.41. The molecule has 1 aromatic rings. The lowest BCUT2D eigenvalue weighted by Gasteiger charge is -2.31. The standard InChI is InChI=1S/C11H13NO4/c13-10(8-1-2-9(8)11(14)15)12-5-7-3-4-16-6-7/h3-4,6,8-9H,1-2,5H2,(H,12,13)(H,14,15). The fourth-order valence-electron chi connectivity index (χ4n) is 1.82. The first kappa shape index (κ1) is 10.7. The molecular formula is C11H13NO4. The van der Waals surface area contributed by atoms with Gasteiger partial charge >= 0.3 is 5.97 Å². The molecular weight excluding hydrogens is 210 g/mol. The van der Waals surface area contributed by atoms with Crippen LogP contribution in [0.15, 0.2) is 23.0 Å². The quantitative estimate of drug-likeness (QED) is 0.798. The number of hydrogen-bond donors (Lipinski definition) is 2. The van der Waals surface area contributed by atoms with Gasteiger partial charge in [0, 0.05) is 12.1 Å². The van der Waals surface area contributed by atoms with E-state index in [0.29, 0.717) is 19.4 Å². The Balaban J connectivity index is 1.82. The molecule has 5 heteroatoms. The van der Waals surface area contributed by atoms with E-state index in [0.717, 1.165) is 5.56 Å². The van der Waals surface area contributed by atoms with Crippen LogP contribution in [-0.2, 0) is 16.1 Å². The molecule has 0 bridgehead atoms. The largest absolute Gasteiger partial charge is 0.481 e. The summed E-state index contributed by atoms with van der Waals surface area (Å²) in [4.78, 5) is 22.4. The molecule has 86 valence electrons. The van der Waals surface area contributed by atoms with Gasteiger partial charge in [0.2, 0.25) is 5.91 Å². The second-order valence-corrected chi connectivity index (χ2v) is 3.98. The zero-order chi connectivity index (χ0) is 11.5. The summed E-state index contributed by atoms with van der Waals surface area (Å²) in [6.45, 7) is 0.387. The maximum Gasteiger partial charge on any atom is 0.307 e. The van der Waals surface area contributed by atoms with Gasteiger partial charge in [0.1, 0.15) is 0 Å². The van der Waals surface area contributed by atoms with E-state index in [-0.39, 0.29) is 11.8 Å². The average Bonchev–Trinajstić information content (AvgIpc) is 2.64. The molecule has 0 radical (unpaired) electrons. The zero-order valence-corrected chi connectivity index (χ0v) is 8.68. The van der Waals surface area contributed by atoms with Crippen LogP contribution in [0.2, 0.25) is 0 Å². The molecule has 2 rings (SSSR count). The maximum absolute atomic E-state index is 11.6. The molecule has 1 aliphatic rings. The number of carbonyl (C=O) groups excluding carboxylic acids is 1. The SMILES string of the molecule is O=C(O)C1CCC1C(=O)NCc1ccoc1. The van der Waals surface area contributed by atoms with Crippen LogP contribution in [0.25, 0.3) is 0 Å². The van der Waals surface area contributed by atoms with Gasteiger partial charge in [-0.05, 0) is 18.9 Å². The first-order valence-corrected chi connectivity index (χ1v) is 5.20. The molecule has 0 saturated heterocycles. The van der Waals surface area contributed by atoms with Gasteiger partial charge in [0.25, 0.3) is 0 Å². The smallest absolute Gasteiger partial charge is 0.307 e. The predicted molar refractivity (Wildman–Crippen MR) is 54.4 cm³/mol. The van der Waals surface area contributed by atoms with Crippen LogP contribution in [-0.4, -0.2) is 17.0 Å². The summed E-state index contributed by atoms with van der Waals surface area (Å²) in [7, 11) is 0. The fraction of sp³-hybridized carbons (Fsp3) is 0.455. The molecule has 2 atom stereocenters. The molecule has 1 saturated carbocycles. The van der Waals surface area contributed by atoms with Crippen LogP contribution >= 0.6 is 0 Å². The summed E-state index contributed by atoms with van der Waals surface area (Å²) in [6, 6.07) is 1.76. The summed E-state index contributed by atoms with van der Waals surface area (Å²) in [5.74, 6) is -1.94. The van der Waals surface area contributed by atoms with Crippen molar-refractivity contribution in [2.24, 2.45) is 11.8 Å². The molecule has 1 amide bonds. The lowest BCUT2D eigenvalue weighted by Crippen LogP contribution is -2.43. The molecule has 16 heavy (non-hydrogen) atoms. The minimum Gasteiger partial charge on any atom is -0.481 e. The maximum atomic E-state index is 11.6. The monoisotopic (exact) mass is 223 g/mol. The van der Waals surface area contributed by atoms with Crippen molar-refractivity contribution < 1.29 is 19.1 Å². The molecule has 1 aromatic heterocycles. The molecule has 5 nitrogen and oxygen atoms in total. The van der Waals surface area contributed by atoms with E-state index < -0.39 is 11.9 Å². The van der Waals surface area contributed by atoms with Gasteiger partial charge in [-0.1, -0.05) is 0 Å². The summed E-state index contributed by atoms with van der Waals surface area (Å²) < 4.78 is 4.86. The second kappa shape index (κ2) is 4.38. The summed E-state index contributed by atoms with van der Waals surface area (Å²) >= 11 is 0. The van der Waals surface area contributed by atoms with E-state index in [1.54, 1.807) is 12.3 Å². The number of rotatable bonds is 4. The normalized spacial score (nSPS) is 23.5. The van der Waals surface area contributed by atoms with E-state index in [1.807, 2.05) is 0 Å². The Kier molecular flexibility index (Phi) is 2.94. The Morgan fingerprint density at radius 2 is 2.19 bits per heavy atom. The Morgan fingerprint density at radius 1 is 1.44 bits per heavy atom. The number of hydrogen-bond acceptors (Lipinski definition) is 3. The molecule has 1 fully saturated rings. The van der Waals surface area contributed by atoms with E-state index in [4.69, 9.17) is 9.52 Å². The number of amides is 1. The molecule has 0 spiro atoms. The van der Waals surface area contributed by atoms with Gasteiger partial charge in [0.05, 0.1) is 24.4 Å². The lowest BCUT2D eigenvalue weighted by atomic mass is 9.73. The van der Waals surface area contributed by atoms with Crippen LogP contribution < -0.4 is 5.32 Å². The van der Waals surface area contributed by atoms with Crippen LogP contribution in [0.1, 0.15) is 18.4 Å². The topological polar surface area (TPSA) is 79.5 Å². The third kappa shape index (κ3) is 2.08. The minimum atomic E-state index is -0.880. The third-order valence-corrected chi connectivity index (χ3v) is 2.98. The van der Waals surface area contributed by atoms with Crippen molar-refractivity contribution in [1.29, 1.82) is 0 Å². The van der Waals surface area contributed by atoms with Crippen LogP contribution in [0, 0.1) is 11.8 Å². The van der Waals surface area contributed by atoms with Crippen LogP contribution in [0.4, 0.5) is 0 Å². The van der Waals surface area contributed by atoms with Crippen molar-refractivity contribution in [2.75, 3.05) is 0 Å². The van der Waals surface area contributed by atoms with Gasteiger partial charge in [-0.15, -0.1) is 0 Å². The zero-order valence-electron chi connectivity index (χ0n) is 8.68. The average molecular weight is 223 g/mol. The summed E-state index contributed by atoms with van der Waals surface area (Å²) in [5.41, 5.74) is 0.875. The van der Waals surface area contributed by atoms with E-state index in [2.05, 4.69) is 5.32 Å². The molecule has 2 unspecified atom stereocenters. The van der Waals surface area contributed by atoms with Crippen molar-refractivity contribution in [3.8, 4) is 0 Å². The Hall–Kier alpha value is -1.78. The van der Waals surface area contributed by atoms with Gasteiger partial charge in [-0.2, -0.15) is 0 Å². The van der Waals surface area contributed by atoms with Crippen molar-refractivity contribution in [1.82, 2.24) is 5.32 Å².